The van der Waals surface area contributed by atoms with Crippen molar-refractivity contribution in [3.8, 4) is 11.3 Å². The summed E-state index contributed by atoms with van der Waals surface area (Å²) in [5.41, 5.74) is 1.27. The Morgan fingerprint density at radius 3 is 2.57 bits per heavy atom. The predicted molar refractivity (Wildman–Crippen MR) is 136 cm³/mol. The molecule has 2 heterocycles. The Hall–Kier alpha value is -4.05. The van der Waals surface area contributed by atoms with Crippen molar-refractivity contribution in [1.82, 2.24) is 15.3 Å². The van der Waals surface area contributed by atoms with Crippen LogP contribution < -0.4 is 16.0 Å². The zero-order valence-electron chi connectivity index (χ0n) is 20.0. The molecule has 37 heavy (non-hydrogen) atoms. The highest BCUT2D eigenvalue weighted by Crippen LogP contribution is 2.35. The highest BCUT2D eigenvalue weighted by atomic mass is 35.5. The molecule has 0 fully saturated rings. The molecule has 0 saturated carbocycles. The Balaban J connectivity index is 1.74. The maximum Gasteiger partial charge on any atom is 0.257 e. The van der Waals surface area contributed by atoms with Crippen molar-refractivity contribution >= 4 is 40.7 Å². The molecule has 0 spiro atoms. The number of fused-ring (bicyclic) bond motifs is 4. The standard InChI is InChI=1S/C26H24ClF2N5O3/c1-13-10-17(28)22(18(29)11-13)26(37)32-19-6-4-3-5-7-21(36)31-20-12-15(30-14(2)35)8-9-16(20)23-24(27)34-25(19)33-23/h3-4,8-12,19H,5-7H2,1-2H3,(H,30,35)(H,31,36)(H,32,37)(H,33,34)/t19-/m0/s1. The SMILES string of the molecule is CC(=O)Nc1ccc2c(c1)NC(=O)CCC=CC[C@H](NC(=O)c1c(F)cc(C)cc1F)c1nc-2c(Cl)[nH]1. The molecule has 8 nitrogen and oxygen atoms in total. The summed E-state index contributed by atoms with van der Waals surface area (Å²) in [6.45, 7) is 2.89. The van der Waals surface area contributed by atoms with Crippen molar-refractivity contribution in [3.63, 3.8) is 0 Å². The zero-order chi connectivity index (χ0) is 26.7. The number of aromatic nitrogens is 2. The Morgan fingerprint density at radius 1 is 1.14 bits per heavy atom. The number of imidazole rings is 1. The van der Waals surface area contributed by atoms with E-state index in [4.69, 9.17) is 11.6 Å². The summed E-state index contributed by atoms with van der Waals surface area (Å²) in [5.74, 6) is -3.16. The van der Waals surface area contributed by atoms with Gasteiger partial charge in [-0.1, -0.05) is 23.8 Å². The summed E-state index contributed by atoms with van der Waals surface area (Å²) >= 11 is 6.47. The van der Waals surface area contributed by atoms with Crippen LogP contribution in [-0.4, -0.2) is 27.7 Å². The lowest BCUT2D eigenvalue weighted by atomic mass is 10.1. The molecule has 0 radical (unpaired) electrons. The number of hydrogen-bond donors (Lipinski definition) is 4. The number of benzene rings is 2. The smallest absolute Gasteiger partial charge is 0.257 e. The normalized spacial score (nSPS) is 15.5. The summed E-state index contributed by atoms with van der Waals surface area (Å²) < 4.78 is 28.9. The summed E-state index contributed by atoms with van der Waals surface area (Å²) in [4.78, 5) is 44.4. The van der Waals surface area contributed by atoms with Gasteiger partial charge in [-0.15, -0.1) is 0 Å². The quantitative estimate of drug-likeness (QED) is 0.340. The largest absolute Gasteiger partial charge is 0.342 e. The molecule has 4 rings (SSSR count). The van der Waals surface area contributed by atoms with E-state index in [1.807, 2.05) is 0 Å². The number of aromatic amines is 1. The lowest BCUT2D eigenvalue weighted by Crippen LogP contribution is -2.30. The number of rotatable bonds is 3. The Kier molecular flexibility index (Phi) is 7.68. The number of amides is 3. The van der Waals surface area contributed by atoms with Crippen LogP contribution in [-0.2, 0) is 9.59 Å². The molecule has 0 saturated heterocycles. The summed E-state index contributed by atoms with van der Waals surface area (Å²) in [6.07, 6.45) is 4.33. The third kappa shape index (κ3) is 6.03. The van der Waals surface area contributed by atoms with E-state index in [2.05, 4.69) is 25.9 Å². The minimum Gasteiger partial charge on any atom is -0.342 e. The van der Waals surface area contributed by atoms with Crippen LogP contribution in [0.15, 0.2) is 42.5 Å². The number of H-pyrrole nitrogens is 1. The zero-order valence-corrected chi connectivity index (χ0v) is 20.8. The molecule has 1 aromatic heterocycles. The number of nitrogens with one attached hydrogen (secondary N) is 4. The van der Waals surface area contributed by atoms with Crippen LogP contribution in [0.3, 0.4) is 0 Å². The first-order valence-electron chi connectivity index (χ1n) is 11.5. The van der Waals surface area contributed by atoms with Gasteiger partial charge in [-0.2, -0.15) is 0 Å². The van der Waals surface area contributed by atoms with E-state index in [-0.39, 0.29) is 41.3 Å². The number of carbonyl (C=O) groups excluding carboxylic acids is 3. The van der Waals surface area contributed by atoms with E-state index in [1.54, 1.807) is 30.4 Å². The Bertz CT molecular complexity index is 1400. The van der Waals surface area contributed by atoms with Gasteiger partial charge in [0.1, 0.15) is 33.9 Å². The molecular formula is C26H24ClF2N5O3. The topological polar surface area (TPSA) is 116 Å². The van der Waals surface area contributed by atoms with Crippen LogP contribution in [0.2, 0.25) is 5.15 Å². The lowest BCUT2D eigenvalue weighted by molar-refractivity contribution is -0.116. The molecule has 3 aromatic rings. The fourth-order valence-corrected chi connectivity index (χ4v) is 4.25. The second-order valence-electron chi connectivity index (χ2n) is 8.65. The van der Waals surface area contributed by atoms with Crippen LogP contribution >= 0.6 is 11.6 Å². The third-order valence-corrected chi connectivity index (χ3v) is 5.95. The Morgan fingerprint density at radius 2 is 1.86 bits per heavy atom. The van der Waals surface area contributed by atoms with Gasteiger partial charge in [0.15, 0.2) is 0 Å². The first-order chi connectivity index (χ1) is 17.6. The number of aryl methyl sites for hydroxylation is 1. The molecule has 0 aliphatic carbocycles. The fourth-order valence-electron chi connectivity index (χ4n) is 4.01. The molecule has 3 amide bonds. The van der Waals surface area contributed by atoms with Gasteiger partial charge in [0.2, 0.25) is 11.8 Å². The average Bonchev–Trinajstić information content (AvgIpc) is 3.18. The fraction of sp³-hybridized carbons (Fsp3) is 0.231. The molecule has 4 N–H and O–H groups in total. The van der Waals surface area contributed by atoms with Crippen LogP contribution in [0.4, 0.5) is 20.2 Å². The maximum absolute atomic E-state index is 14.4. The second-order valence-corrected chi connectivity index (χ2v) is 9.03. The monoisotopic (exact) mass is 527 g/mol. The molecule has 0 unspecified atom stereocenters. The van der Waals surface area contributed by atoms with Crippen LogP contribution in [0, 0.1) is 18.6 Å². The number of hydrogen-bond acceptors (Lipinski definition) is 4. The predicted octanol–water partition coefficient (Wildman–Crippen LogP) is 5.42. The van der Waals surface area contributed by atoms with Crippen LogP contribution in [0.1, 0.15) is 54.0 Å². The summed E-state index contributed by atoms with van der Waals surface area (Å²) in [5, 5.41) is 8.26. The van der Waals surface area contributed by atoms with E-state index >= 15 is 0 Å². The molecular weight excluding hydrogens is 504 g/mol. The lowest BCUT2D eigenvalue weighted by Gasteiger charge is -2.16. The van der Waals surface area contributed by atoms with Crippen molar-refractivity contribution in [2.24, 2.45) is 0 Å². The second kappa shape index (κ2) is 10.9. The van der Waals surface area contributed by atoms with Crippen molar-refractivity contribution in [2.75, 3.05) is 10.6 Å². The molecule has 192 valence electrons. The molecule has 2 aromatic carbocycles. The number of allylic oxidation sites excluding steroid dienone is 1. The highest BCUT2D eigenvalue weighted by molar-refractivity contribution is 6.32. The summed E-state index contributed by atoms with van der Waals surface area (Å²) in [7, 11) is 0. The maximum atomic E-state index is 14.4. The minimum atomic E-state index is -0.971. The third-order valence-electron chi connectivity index (χ3n) is 5.67. The number of halogens is 3. The van der Waals surface area contributed by atoms with Gasteiger partial charge in [-0.3, -0.25) is 14.4 Å². The minimum absolute atomic E-state index is 0.130. The van der Waals surface area contributed by atoms with Crippen LogP contribution in [0.25, 0.3) is 11.3 Å². The number of anilines is 2. The van der Waals surface area contributed by atoms with Crippen LogP contribution in [0.5, 0.6) is 0 Å². The molecule has 1 aliphatic heterocycles. The van der Waals surface area contributed by atoms with Gasteiger partial charge in [0, 0.05) is 24.6 Å². The van der Waals surface area contributed by atoms with Gasteiger partial charge >= 0.3 is 0 Å². The highest BCUT2D eigenvalue weighted by Gasteiger charge is 2.25. The van der Waals surface area contributed by atoms with E-state index in [9.17, 15) is 23.2 Å². The van der Waals surface area contributed by atoms with E-state index in [1.165, 1.54) is 13.8 Å². The molecule has 1 atom stereocenters. The van der Waals surface area contributed by atoms with Crippen molar-refractivity contribution in [1.29, 1.82) is 0 Å². The van der Waals surface area contributed by atoms with Gasteiger partial charge in [0.05, 0.1) is 11.7 Å². The Labute approximate surface area is 216 Å². The van der Waals surface area contributed by atoms with E-state index in [0.717, 1.165) is 12.1 Å². The first-order valence-corrected chi connectivity index (χ1v) is 11.9. The van der Waals surface area contributed by atoms with Crippen molar-refractivity contribution < 1.29 is 23.2 Å². The number of carbonyl (C=O) groups is 3. The molecule has 11 heteroatoms. The van der Waals surface area contributed by atoms with E-state index in [0.29, 0.717) is 28.9 Å². The van der Waals surface area contributed by atoms with Crippen molar-refractivity contribution in [2.45, 2.75) is 39.2 Å². The van der Waals surface area contributed by atoms with Crippen molar-refractivity contribution in [3.05, 3.63) is 76.2 Å². The number of nitrogens with zero attached hydrogens (tertiary/aromatic N) is 1. The van der Waals surface area contributed by atoms with Gasteiger partial charge < -0.3 is 20.9 Å². The average molecular weight is 528 g/mol. The van der Waals surface area contributed by atoms with Gasteiger partial charge in [0.25, 0.3) is 5.91 Å². The first kappa shape index (κ1) is 26.0. The van der Waals surface area contributed by atoms with Gasteiger partial charge in [-0.25, -0.2) is 13.8 Å². The summed E-state index contributed by atoms with van der Waals surface area (Å²) in [6, 6.07) is 6.24. The van der Waals surface area contributed by atoms with Gasteiger partial charge in [-0.05, 0) is 55.7 Å². The molecule has 2 bridgehead atoms. The molecule has 1 aliphatic rings. The van der Waals surface area contributed by atoms with E-state index < -0.39 is 29.1 Å².